The maximum Gasteiger partial charge on any atom is 0.0931 e. The zero-order valence-corrected chi connectivity index (χ0v) is 14.5. The zero-order chi connectivity index (χ0) is 17.5. The highest BCUT2D eigenvalue weighted by Gasteiger charge is 2.12. The summed E-state index contributed by atoms with van der Waals surface area (Å²) in [5.74, 6) is 0.397. The summed E-state index contributed by atoms with van der Waals surface area (Å²) < 4.78 is 7.27. The lowest BCUT2D eigenvalue weighted by molar-refractivity contribution is 0.187. The summed E-state index contributed by atoms with van der Waals surface area (Å²) in [6.07, 6.45) is 3.84. The van der Waals surface area contributed by atoms with Gasteiger partial charge in [0, 0.05) is 26.0 Å². The molecule has 6 heteroatoms. The first-order valence-electron chi connectivity index (χ1n) is 7.83. The average Bonchev–Trinajstić information content (AvgIpc) is 2.94. The van der Waals surface area contributed by atoms with E-state index in [1.165, 1.54) is 0 Å². The van der Waals surface area contributed by atoms with Gasteiger partial charge in [-0.2, -0.15) is 0 Å². The smallest absolute Gasteiger partial charge is 0.0931 e. The summed E-state index contributed by atoms with van der Waals surface area (Å²) in [7, 11) is 1.69. The fourth-order valence-electron chi connectivity index (χ4n) is 2.39. The van der Waals surface area contributed by atoms with E-state index < -0.39 is 0 Å². The summed E-state index contributed by atoms with van der Waals surface area (Å²) in [5, 5.41) is 3.08. The lowest BCUT2D eigenvalue weighted by Crippen LogP contribution is -2.14. The van der Waals surface area contributed by atoms with Gasteiger partial charge < -0.3 is 20.4 Å². The summed E-state index contributed by atoms with van der Waals surface area (Å²) in [5.41, 5.74) is 10.5. The van der Waals surface area contributed by atoms with Crippen molar-refractivity contribution in [2.45, 2.75) is 26.9 Å². The minimum atomic E-state index is 0.397. The number of aliphatic imine (C=N–C) groups is 1. The van der Waals surface area contributed by atoms with E-state index in [1.54, 1.807) is 7.11 Å². The third-order valence-corrected chi connectivity index (χ3v) is 3.59. The standard InChI is InChI=1S/C18H25N5O/c1-13-5-6-16(21-11-13)12-20-14(2)18-17(22-15(3)19)7-8-23(18)9-10-24-4/h5-8,11,22H,3,9-10,12,19H2,1-2,4H3. The van der Waals surface area contributed by atoms with Crippen LogP contribution in [0.25, 0.3) is 0 Å². The van der Waals surface area contributed by atoms with Crippen LogP contribution in [0, 0.1) is 6.92 Å². The van der Waals surface area contributed by atoms with E-state index in [-0.39, 0.29) is 0 Å². The molecule has 0 radical (unpaired) electrons. The molecule has 0 saturated carbocycles. The van der Waals surface area contributed by atoms with Crippen LogP contribution < -0.4 is 11.1 Å². The number of nitrogens with zero attached hydrogens (tertiary/aromatic N) is 3. The summed E-state index contributed by atoms with van der Waals surface area (Å²) >= 11 is 0. The van der Waals surface area contributed by atoms with Crippen LogP contribution in [0.15, 0.2) is 48.0 Å². The molecule has 2 aromatic heterocycles. The number of anilines is 1. The Morgan fingerprint density at radius 3 is 2.83 bits per heavy atom. The van der Waals surface area contributed by atoms with Crippen LogP contribution in [0.4, 0.5) is 5.69 Å². The summed E-state index contributed by atoms with van der Waals surface area (Å²) in [6, 6.07) is 6.00. The fourth-order valence-corrected chi connectivity index (χ4v) is 2.39. The number of methoxy groups -OCH3 is 1. The molecule has 24 heavy (non-hydrogen) atoms. The average molecular weight is 327 g/mol. The molecule has 128 valence electrons. The highest BCUT2D eigenvalue weighted by atomic mass is 16.5. The Balaban J connectivity index is 2.25. The molecule has 0 spiro atoms. The molecule has 0 aliphatic carbocycles. The molecular formula is C18H25N5O. The molecule has 0 saturated heterocycles. The highest BCUT2D eigenvalue weighted by molar-refractivity contribution is 6.02. The number of nitrogens with two attached hydrogens (primary N) is 1. The Kier molecular flexibility index (Phi) is 6.14. The number of nitrogens with one attached hydrogen (secondary N) is 1. The molecule has 2 heterocycles. The van der Waals surface area contributed by atoms with Crippen LogP contribution >= 0.6 is 0 Å². The molecule has 3 N–H and O–H groups in total. The lowest BCUT2D eigenvalue weighted by atomic mass is 10.2. The number of aromatic nitrogens is 2. The van der Waals surface area contributed by atoms with Crippen molar-refractivity contribution in [3.63, 3.8) is 0 Å². The molecule has 2 rings (SSSR count). The van der Waals surface area contributed by atoms with Crippen molar-refractivity contribution in [2.75, 3.05) is 19.0 Å². The molecule has 0 unspecified atom stereocenters. The largest absolute Gasteiger partial charge is 0.386 e. The molecule has 0 aliphatic heterocycles. The van der Waals surface area contributed by atoms with Crippen molar-refractivity contribution in [1.82, 2.24) is 9.55 Å². The Bertz CT molecular complexity index is 716. The first-order chi connectivity index (χ1) is 11.5. The van der Waals surface area contributed by atoms with Crippen LogP contribution in [0.1, 0.15) is 23.9 Å². The van der Waals surface area contributed by atoms with Gasteiger partial charge in [0.1, 0.15) is 0 Å². The van der Waals surface area contributed by atoms with E-state index in [2.05, 4.69) is 26.4 Å². The van der Waals surface area contributed by atoms with Gasteiger partial charge in [0.05, 0.1) is 41.8 Å². The number of rotatable bonds is 8. The third kappa shape index (κ3) is 4.70. The van der Waals surface area contributed by atoms with Gasteiger partial charge in [-0.15, -0.1) is 0 Å². The number of pyridine rings is 1. The third-order valence-electron chi connectivity index (χ3n) is 3.59. The molecule has 0 aliphatic rings. The van der Waals surface area contributed by atoms with E-state index in [0.717, 1.165) is 34.9 Å². The molecule has 0 atom stereocenters. The molecule has 0 fully saturated rings. The fraction of sp³-hybridized carbons (Fsp3) is 0.333. The Morgan fingerprint density at radius 2 is 2.21 bits per heavy atom. The Labute approximate surface area is 143 Å². The molecule has 2 aromatic rings. The lowest BCUT2D eigenvalue weighted by Gasteiger charge is -2.12. The van der Waals surface area contributed by atoms with Crippen LogP contribution in [0.2, 0.25) is 0 Å². The van der Waals surface area contributed by atoms with Crippen LogP contribution in [-0.2, 0) is 17.8 Å². The maximum atomic E-state index is 5.69. The monoisotopic (exact) mass is 327 g/mol. The SMILES string of the molecule is C=C(N)Nc1ccn(CCOC)c1C(C)=NCc1ccc(C)cn1. The second kappa shape index (κ2) is 8.31. The van der Waals surface area contributed by atoms with Crippen molar-refractivity contribution in [1.29, 1.82) is 0 Å². The van der Waals surface area contributed by atoms with E-state index in [0.29, 0.717) is 19.0 Å². The minimum absolute atomic E-state index is 0.397. The number of hydrogen-bond acceptors (Lipinski definition) is 5. The second-order valence-corrected chi connectivity index (χ2v) is 5.64. The van der Waals surface area contributed by atoms with E-state index in [9.17, 15) is 0 Å². The van der Waals surface area contributed by atoms with E-state index in [1.807, 2.05) is 44.4 Å². The Hall–Kier alpha value is -2.60. The van der Waals surface area contributed by atoms with Crippen LogP contribution in [0.5, 0.6) is 0 Å². The second-order valence-electron chi connectivity index (χ2n) is 5.64. The van der Waals surface area contributed by atoms with E-state index >= 15 is 0 Å². The maximum absolute atomic E-state index is 5.69. The van der Waals surface area contributed by atoms with Gasteiger partial charge in [-0.3, -0.25) is 9.98 Å². The van der Waals surface area contributed by atoms with Crippen LogP contribution in [0.3, 0.4) is 0 Å². The molecule has 0 aromatic carbocycles. The van der Waals surface area contributed by atoms with Gasteiger partial charge >= 0.3 is 0 Å². The Morgan fingerprint density at radius 1 is 1.42 bits per heavy atom. The van der Waals surface area contributed by atoms with Gasteiger partial charge in [0.2, 0.25) is 0 Å². The van der Waals surface area contributed by atoms with Gasteiger partial charge in [-0.25, -0.2) is 0 Å². The highest BCUT2D eigenvalue weighted by Crippen LogP contribution is 2.20. The van der Waals surface area contributed by atoms with Gasteiger partial charge in [0.25, 0.3) is 0 Å². The van der Waals surface area contributed by atoms with Crippen molar-refractivity contribution < 1.29 is 4.74 Å². The molecule has 0 bridgehead atoms. The normalized spacial score (nSPS) is 11.5. The van der Waals surface area contributed by atoms with Gasteiger partial charge in [-0.05, 0) is 31.5 Å². The predicted octanol–water partition coefficient (Wildman–Crippen LogP) is 2.69. The molecular weight excluding hydrogens is 302 g/mol. The molecule has 6 nitrogen and oxygen atoms in total. The minimum Gasteiger partial charge on any atom is -0.386 e. The van der Waals surface area contributed by atoms with Gasteiger partial charge in [0.15, 0.2) is 0 Å². The first-order valence-corrected chi connectivity index (χ1v) is 7.83. The van der Waals surface area contributed by atoms with Crippen molar-refractivity contribution in [3.05, 3.63) is 59.9 Å². The topological polar surface area (TPSA) is 77.5 Å². The zero-order valence-electron chi connectivity index (χ0n) is 14.5. The van der Waals surface area contributed by atoms with Gasteiger partial charge in [-0.1, -0.05) is 12.6 Å². The van der Waals surface area contributed by atoms with Crippen molar-refractivity contribution >= 4 is 11.4 Å². The quantitative estimate of drug-likeness (QED) is 0.731. The summed E-state index contributed by atoms with van der Waals surface area (Å²) in [4.78, 5) is 9.08. The van der Waals surface area contributed by atoms with E-state index in [4.69, 9.17) is 10.5 Å². The van der Waals surface area contributed by atoms with Crippen molar-refractivity contribution in [3.8, 4) is 0 Å². The molecule has 0 amide bonds. The van der Waals surface area contributed by atoms with Crippen molar-refractivity contribution in [2.24, 2.45) is 10.7 Å². The number of hydrogen-bond donors (Lipinski definition) is 2. The summed E-state index contributed by atoms with van der Waals surface area (Å²) in [6.45, 7) is 9.60. The number of aryl methyl sites for hydroxylation is 1. The van der Waals surface area contributed by atoms with Crippen LogP contribution in [-0.4, -0.2) is 29.0 Å². The predicted molar refractivity (Wildman–Crippen MR) is 98.1 cm³/mol. The number of ether oxygens (including phenoxy) is 1. The first kappa shape index (κ1) is 17.7.